The van der Waals surface area contributed by atoms with E-state index in [9.17, 15) is 24.1 Å². The summed E-state index contributed by atoms with van der Waals surface area (Å²) >= 11 is 0. The maximum absolute atomic E-state index is 14.5. The van der Waals surface area contributed by atoms with Crippen molar-refractivity contribution in [1.82, 2.24) is 10.2 Å². The molecule has 2 fully saturated rings. The molecule has 0 unspecified atom stereocenters. The van der Waals surface area contributed by atoms with Crippen molar-refractivity contribution < 1.29 is 18.9 Å². The lowest BCUT2D eigenvalue weighted by Crippen LogP contribution is -2.30. The third kappa shape index (κ3) is 3.86. The van der Waals surface area contributed by atoms with Crippen molar-refractivity contribution in [3.63, 3.8) is 0 Å². The first-order valence-electron chi connectivity index (χ1n) is 9.55. The van der Waals surface area contributed by atoms with E-state index in [-0.39, 0.29) is 23.7 Å². The van der Waals surface area contributed by atoms with Crippen LogP contribution in [0.15, 0.2) is 48.2 Å². The Labute approximate surface area is 171 Å². The molecule has 4 rings (SSSR count). The van der Waals surface area contributed by atoms with Gasteiger partial charge in [-0.15, -0.1) is 0 Å². The van der Waals surface area contributed by atoms with Crippen molar-refractivity contribution in [3.8, 4) is 0 Å². The van der Waals surface area contributed by atoms with Crippen molar-refractivity contribution in [1.29, 1.82) is 0 Å². The van der Waals surface area contributed by atoms with Gasteiger partial charge in [-0.25, -0.2) is 9.18 Å². The van der Waals surface area contributed by atoms with Crippen LogP contribution in [0.2, 0.25) is 0 Å². The van der Waals surface area contributed by atoms with Crippen LogP contribution in [-0.4, -0.2) is 34.9 Å². The van der Waals surface area contributed by atoms with Gasteiger partial charge >= 0.3 is 6.03 Å². The molecule has 2 aromatic carbocycles. The van der Waals surface area contributed by atoms with Gasteiger partial charge in [-0.1, -0.05) is 18.2 Å². The van der Waals surface area contributed by atoms with E-state index in [0.717, 1.165) is 30.8 Å². The number of non-ortho nitro benzene ring substituents is 1. The van der Waals surface area contributed by atoms with Gasteiger partial charge in [0.1, 0.15) is 11.5 Å². The molecule has 2 heterocycles. The van der Waals surface area contributed by atoms with Gasteiger partial charge in [0.05, 0.1) is 17.2 Å². The lowest BCUT2D eigenvalue weighted by atomic mass is 10.1. The van der Waals surface area contributed by atoms with E-state index in [4.69, 9.17) is 0 Å². The van der Waals surface area contributed by atoms with E-state index < -0.39 is 16.9 Å². The summed E-state index contributed by atoms with van der Waals surface area (Å²) in [6, 6.07) is 9.76. The van der Waals surface area contributed by atoms with E-state index in [1.54, 1.807) is 12.1 Å². The molecular weight excluding hydrogens is 391 g/mol. The number of benzene rings is 2. The van der Waals surface area contributed by atoms with Crippen LogP contribution in [0.25, 0.3) is 6.08 Å². The Morgan fingerprint density at radius 3 is 2.43 bits per heavy atom. The van der Waals surface area contributed by atoms with E-state index in [1.807, 2.05) is 4.90 Å². The van der Waals surface area contributed by atoms with E-state index in [1.165, 1.54) is 36.4 Å². The van der Waals surface area contributed by atoms with Crippen LogP contribution in [0, 0.1) is 15.9 Å². The second-order valence-corrected chi connectivity index (χ2v) is 7.21. The molecule has 0 saturated carbocycles. The minimum absolute atomic E-state index is 0.0255. The fourth-order valence-electron chi connectivity index (χ4n) is 3.61. The van der Waals surface area contributed by atoms with Gasteiger partial charge in [0.2, 0.25) is 0 Å². The predicted molar refractivity (Wildman–Crippen MR) is 108 cm³/mol. The summed E-state index contributed by atoms with van der Waals surface area (Å²) in [5.41, 5.74) is 1.56. The van der Waals surface area contributed by atoms with E-state index >= 15 is 0 Å². The highest BCUT2D eigenvalue weighted by molar-refractivity contribution is 6.13. The second kappa shape index (κ2) is 7.94. The summed E-state index contributed by atoms with van der Waals surface area (Å²) in [5.74, 6) is -0.909. The maximum atomic E-state index is 14.5. The fraction of sp³-hybridized carbons (Fsp3) is 0.238. The van der Waals surface area contributed by atoms with Gasteiger partial charge in [-0.2, -0.15) is 0 Å². The minimum atomic E-state index is -0.598. The van der Waals surface area contributed by atoms with Crippen LogP contribution in [0.5, 0.6) is 0 Å². The highest BCUT2D eigenvalue weighted by atomic mass is 19.1. The molecule has 0 aliphatic carbocycles. The number of hydrogen-bond acceptors (Lipinski definition) is 5. The third-order valence-corrected chi connectivity index (χ3v) is 5.18. The Hall–Kier alpha value is -3.75. The highest BCUT2D eigenvalue weighted by Gasteiger charge is 2.33. The average molecular weight is 410 g/mol. The number of rotatable bonds is 5. The van der Waals surface area contributed by atoms with Crippen LogP contribution in [-0.2, 0) is 11.3 Å². The predicted octanol–water partition coefficient (Wildman–Crippen LogP) is 3.43. The molecule has 2 aliphatic heterocycles. The molecule has 0 bridgehead atoms. The number of hydrogen-bond donors (Lipinski definition) is 1. The largest absolute Gasteiger partial charge is 0.369 e. The number of carbonyl (C=O) groups excluding carboxylic acids is 2. The zero-order valence-corrected chi connectivity index (χ0v) is 16.0. The maximum Gasteiger partial charge on any atom is 0.329 e. The first kappa shape index (κ1) is 19.6. The number of carbonyl (C=O) groups is 2. The number of nitro benzene ring substituents is 1. The molecule has 3 amide bonds. The quantitative estimate of drug-likeness (QED) is 0.353. The van der Waals surface area contributed by atoms with Crippen molar-refractivity contribution in [2.75, 3.05) is 18.0 Å². The molecule has 0 spiro atoms. The van der Waals surface area contributed by atoms with Crippen molar-refractivity contribution in [2.45, 2.75) is 19.4 Å². The molecule has 2 aliphatic rings. The van der Waals surface area contributed by atoms with Crippen molar-refractivity contribution in [3.05, 3.63) is 75.2 Å². The molecule has 0 radical (unpaired) electrons. The van der Waals surface area contributed by atoms with Crippen LogP contribution in [0.3, 0.4) is 0 Å². The van der Waals surface area contributed by atoms with Crippen molar-refractivity contribution in [2.24, 2.45) is 0 Å². The molecule has 1 N–H and O–H groups in total. The number of nitrogens with one attached hydrogen (secondary N) is 1. The average Bonchev–Trinajstić information content (AvgIpc) is 3.33. The standard InChI is InChI=1S/C21H19FN4O4/c22-17-11-15(5-8-19(17)24-9-1-2-10-24)12-18-20(27)25(21(28)23-18)13-14-3-6-16(7-4-14)26(29)30/h3-8,11-12H,1-2,9-10,13H2,(H,23,28)/b18-12-. The monoisotopic (exact) mass is 410 g/mol. The van der Waals surface area contributed by atoms with E-state index in [2.05, 4.69) is 5.32 Å². The molecule has 154 valence electrons. The number of nitrogens with zero attached hydrogens (tertiary/aromatic N) is 3. The molecule has 2 aromatic rings. The Morgan fingerprint density at radius 1 is 1.10 bits per heavy atom. The zero-order valence-electron chi connectivity index (χ0n) is 16.0. The second-order valence-electron chi connectivity index (χ2n) is 7.21. The Bertz CT molecular complexity index is 1050. The van der Waals surface area contributed by atoms with Crippen LogP contribution >= 0.6 is 0 Å². The number of nitro groups is 1. The molecule has 8 nitrogen and oxygen atoms in total. The van der Waals surface area contributed by atoms with Crippen LogP contribution in [0.4, 0.5) is 20.6 Å². The highest BCUT2D eigenvalue weighted by Crippen LogP contribution is 2.26. The number of halogens is 1. The van der Waals surface area contributed by atoms with Crippen LogP contribution in [0.1, 0.15) is 24.0 Å². The minimum Gasteiger partial charge on any atom is -0.369 e. The zero-order chi connectivity index (χ0) is 21.3. The third-order valence-electron chi connectivity index (χ3n) is 5.18. The van der Waals surface area contributed by atoms with Gasteiger partial charge in [0, 0.05) is 25.2 Å². The Balaban J connectivity index is 1.49. The Morgan fingerprint density at radius 2 is 1.80 bits per heavy atom. The summed E-state index contributed by atoms with van der Waals surface area (Å²) < 4.78 is 14.5. The molecule has 2 saturated heterocycles. The molecular formula is C21H19FN4O4. The topological polar surface area (TPSA) is 95.8 Å². The number of anilines is 1. The van der Waals surface area contributed by atoms with Gasteiger partial charge in [-0.3, -0.25) is 19.8 Å². The van der Waals surface area contributed by atoms with E-state index in [0.29, 0.717) is 16.8 Å². The van der Waals surface area contributed by atoms with Gasteiger partial charge in [0.15, 0.2) is 0 Å². The van der Waals surface area contributed by atoms with Gasteiger partial charge in [-0.05, 0) is 42.2 Å². The Kier molecular flexibility index (Phi) is 5.18. The van der Waals surface area contributed by atoms with Crippen LogP contribution < -0.4 is 10.2 Å². The lowest BCUT2D eigenvalue weighted by Gasteiger charge is -2.18. The smallest absolute Gasteiger partial charge is 0.329 e. The SMILES string of the molecule is O=C1N/C(=C\c2ccc(N3CCCC3)c(F)c2)C(=O)N1Cc1ccc([N+](=O)[O-])cc1. The molecule has 0 aromatic heterocycles. The van der Waals surface area contributed by atoms with Gasteiger partial charge < -0.3 is 10.2 Å². The fourth-order valence-corrected chi connectivity index (χ4v) is 3.61. The summed E-state index contributed by atoms with van der Waals surface area (Å²) in [4.78, 5) is 38.1. The van der Waals surface area contributed by atoms with Gasteiger partial charge in [0.25, 0.3) is 11.6 Å². The van der Waals surface area contributed by atoms with Crippen molar-refractivity contribution >= 4 is 29.4 Å². The normalized spacial score (nSPS) is 17.7. The number of amides is 3. The summed E-state index contributed by atoms with van der Waals surface area (Å²) in [6.07, 6.45) is 3.51. The molecule has 9 heteroatoms. The summed E-state index contributed by atoms with van der Waals surface area (Å²) in [6.45, 7) is 1.62. The first-order valence-corrected chi connectivity index (χ1v) is 9.55. The number of imide groups is 1. The summed E-state index contributed by atoms with van der Waals surface area (Å²) in [5, 5.41) is 13.2. The first-order chi connectivity index (χ1) is 14.4. The molecule has 0 atom stereocenters. The number of urea groups is 1. The molecule has 30 heavy (non-hydrogen) atoms. The summed E-state index contributed by atoms with van der Waals surface area (Å²) in [7, 11) is 0. The lowest BCUT2D eigenvalue weighted by molar-refractivity contribution is -0.384.